The first kappa shape index (κ1) is 14.3. The van der Waals surface area contributed by atoms with E-state index in [9.17, 15) is 5.11 Å². The second kappa shape index (κ2) is 6.35. The number of rotatable bonds is 4. The van der Waals surface area contributed by atoms with Gasteiger partial charge in [-0.2, -0.15) is 0 Å². The fraction of sp³-hybridized carbons (Fsp3) is 0.667. The van der Waals surface area contributed by atoms with Gasteiger partial charge < -0.3 is 15.2 Å². The summed E-state index contributed by atoms with van der Waals surface area (Å²) in [5.41, 5.74) is 3.05. The molecule has 0 aliphatic carbocycles. The second-order valence-electron chi connectivity index (χ2n) is 5.41. The minimum atomic E-state index is -0.305. The van der Waals surface area contributed by atoms with Crippen LogP contribution in [0.1, 0.15) is 29.7 Å². The van der Waals surface area contributed by atoms with Crippen molar-refractivity contribution in [1.29, 1.82) is 0 Å². The maximum Gasteiger partial charge on any atom is 0.128 e. The Morgan fingerprint density at radius 3 is 2.74 bits per heavy atom. The van der Waals surface area contributed by atoms with Crippen LogP contribution < -0.4 is 10.1 Å². The van der Waals surface area contributed by atoms with Crippen LogP contribution in [0.3, 0.4) is 0 Å². The zero-order chi connectivity index (χ0) is 13.8. The Balaban J connectivity index is 2.10. The first-order chi connectivity index (χ1) is 9.13. The lowest BCUT2D eigenvalue weighted by Gasteiger charge is -2.27. The van der Waals surface area contributed by atoms with E-state index in [2.05, 4.69) is 10.3 Å². The number of aliphatic hydroxyl groups excluding tert-OH is 1. The summed E-state index contributed by atoms with van der Waals surface area (Å²) in [5.74, 6) is 1.28. The molecule has 1 fully saturated rings. The van der Waals surface area contributed by atoms with E-state index in [4.69, 9.17) is 4.74 Å². The third kappa shape index (κ3) is 3.25. The van der Waals surface area contributed by atoms with Gasteiger partial charge in [0.2, 0.25) is 0 Å². The predicted octanol–water partition coefficient (Wildman–Crippen LogP) is 1.61. The van der Waals surface area contributed by atoms with Crippen molar-refractivity contribution in [3.8, 4) is 5.75 Å². The molecule has 1 saturated heterocycles. The number of aromatic nitrogens is 1. The fourth-order valence-corrected chi connectivity index (χ4v) is 2.87. The zero-order valence-corrected chi connectivity index (χ0v) is 12.1. The van der Waals surface area contributed by atoms with Crippen LogP contribution in [0.25, 0.3) is 0 Å². The number of hydrogen-bond donors (Lipinski definition) is 2. The van der Waals surface area contributed by atoms with Gasteiger partial charge in [-0.05, 0) is 45.7 Å². The van der Waals surface area contributed by atoms with Crippen molar-refractivity contribution >= 4 is 0 Å². The molecule has 0 bridgehead atoms. The molecule has 0 aromatic carbocycles. The number of aryl methyl sites for hydroxylation is 1. The Hall–Kier alpha value is -1.13. The molecule has 2 rings (SSSR count). The Bertz CT molecular complexity index is 428. The predicted molar refractivity (Wildman–Crippen MR) is 75.6 cm³/mol. The molecule has 0 amide bonds. The molecule has 1 aliphatic heterocycles. The largest absolute Gasteiger partial charge is 0.496 e. The zero-order valence-electron chi connectivity index (χ0n) is 12.1. The fourth-order valence-electron chi connectivity index (χ4n) is 2.87. The van der Waals surface area contributed by atoms with Crippen LogP contribution in [0, 0.1) is 19.8 Å². The highest BCUT2D eigenvalue weighted by Crippen LogP contribution is 2.26. The van der Waals surface area contributed by atoms with Crippen LogP contribution in [0.4, 0.5) is 0 Å². The summed E-state index contributed by atoms with van der Waals surface area (Å²) in [6, 6.07) is 0. The number of nitrogens with zero attached hydrogens (tertiary/aromatic N) is 1. The molecule has 1 aromatic heterocycles. The smallest absolute Gasteiger partial charge is 0.128 e. The van der Waals surface area contributed by atoms with Crippen molar-refractivity contribution in [3.05, 3.63) is 23.0 Å². The van der Waals surface area contributed by atoms with Crippen LogP contribution in [0.5, 0.6) is 5.75 Å². The molecule has 1 atom stereocenters. The monoisotopic (exact) mass is 264 g/mol. The lowest BCUT2D eigenvalue weighted by molar-refractivity contribution is 0.0880. The number of aliphatic hydroxyl groups is 1. The second-order valence-corrected chi connectivity index (χ2v) is 5.41. The number of ether oxygens (including phenoxy) is 1. The molecule has 4 nitrogen and oxygen atoms in total. The third-order valence-corrected chi connectivity index (χ3v) is 4.08. The number of nitrogens with one attached hydrogen (secondary N) is 1. The van der Waals surface area contributed by atoms with Gasteiger partial charge in [0.1, 0.15) is 5.75 Å². The van der Waals surface area contributed by atoms with Gasteiger partial charge >= 0.3 is 0 Å². The molecule has 1 aliphatic rings. The molecule has 2 heterocycles. The summed E-state index contributed by atoms with van der Waals surface area (Å²) in [4.78, 5) is 4.47. The SMILES string of the molecule is COc1c(C)cnc(CC(O)C2CCNCC2)c1C. The van der Waals surface area contributed by atoms with E-state index in [1.54, 1.807) is 7.11 Å². The lowest BCUT2D eigenvalue weighted by Crippen LogP contribution is -2.35. The summed E-state index contributed by atoms with van der Waals surface area (Å²) < 4.78 is 5.41. The highest BCUT2D eigenvalue weighted by Gasteiger charge is 2.23. The Labute approximate surface area is 115 Å². The molecule has 0 radical (unpaired) electrons. The van der Waals surface area contributed by atoms with E-state index in [-0.39, 0.29) is 6.10 Å². The van der Waals surface area contributed by atoms with Gasteiger partial charge in [-0.1, -0.05) is 0 Å². The average Bonchev–Trinajstić information content (AvgIpc) is 2.43. The molecular formula is C15H24N2O2. The molecular weight excluding hydrogens is 240 g/mol. The maximum atomic E-state index is 10.4. The first-order valence-electron chi connectivity index (χ1n) is 7.01. The number of piperidine rings is 1. The molecule has 1 aromatic rings. The molecule has 4 heteroatoms. The van der Waals surface area contributed by atoms with Gasteiger partial charge in [-0.15, -0.1) is 0 Å². The van der Waals surface area contributed by atoms with E-state index in [0.717, 1.165) is 48.5 Å². The van der Waals surface area contributed by atoms with E-state index in [0.29, 0.717) is 12.3 Å². The van der Waals surface area contributed by atoms with Crippen molar-refractivity contribution in [2.24, 2.45) is 5.92 Å². The van der Waals surface area contributed by atoms with Crippen LogP contribution in [-0.2, 0) is 6.42 Å². The minimum absolute atomic E-state index is 0.305. The standard InChI is InChI=1S/C15H24N2O2/c1-10-9-17-13(11(2)15(10)19-3)8-14(18)12-4-6-16-7-5-12/h9,12,14,16,18H,4-8H2,1-3H3. The highest BCUT2D eigenvalue weighted by atomic mass is 16.5. The molecule has 106 valence electrons. The van der Waals surface area contributed by atoms with Gasteiger partial charge in [0.25, 0.3) is 0 Å². The quantitative estimate of drug-likeness (QED) is 0.867. The normalized spacial score (nSPS) is 18.3. The summed E-state index contributed by atoms with van der Waals surface area (Å²) in [6.45, 7) is 6.02. The highest BCUT2D eigenvalue weighted by molar-refractivity contribution is 5.41. The van der Waals surface area contributed by atoms with Gasteiger partial charge in [0.15, 0.2) is 0 Å². The molecule has 1 unspecified atom stereocenters. The number of hydrogen-bond acceptors (Lipinski definition) is 4. The first-order valence-corrected chi connectivity index (χ1v) is 7.01. The summed E-state index contributed by atoms with van der Waals surface area (Å²) in [7, 11) is 1.68. The Morgan fingerprint density at radius 1 is 1.42 bits per heavy atom. The van der Waals surface area contributed by atoms with Crippen LogP contribution in [-0.4, -0.2) is 36.4 Å². The minimum Gasteiger partial charge on any atom is -0.496 e. The lowest BCUT2D eigenvalue weighted by atomic mass is 9.89. The molecule has 19 heavy (non-hydrogen) atoms. The summed E-state index contributed by atoms with van der Waals surface area (Å²) >= 11 is 0. The Morgan fingerprint density at radius 2 is 2.11 bits per heavy atom. The number of methoxy groups -OCH3 is 1. The van der Waals surface area contributed by atoms with Crippen molar-refractivity contribution in [2.45, 2.75) is 39.2 Å². The van der Waals surface area contributed by atoms with Gasteiger partial charge in [-0.3, -0.25) is 4.98 Å². The van der Waals surface area contributed by atoms with Crippen LogP contribution in [0.2, 0.25) is 0 Å². The topological polar surface area (TPSA) is 54.4 Å². The van der Waals surface area contributed by atoms with Gasteiger partial charge in [0.05, 0.1) is 13.2 Å². The van der Waals surface area contributed by atoms with E-state index < -0.39 is 0 Å². The van der Waals surface area contributed by atoms with Crippen LogP contribution in [0.15, 0.2) is 6.20 Å². The molecule has 2 N–H and O–H groups in total. The van der Waals surface area contributed by atoms with Crippen molar-refractivity contribution in [3.63, 3.8) is 0 Å². The van der Waals surface area contributed by atoms with Gasteiger partial charge in [-0.25, -0.2) is 0 Å². The van der Waals surface area contributed by atoms with Crippen molar-refractivity contribution in [1.82, 2.24) is 10.3 Å². The van der Waals surface area contributed by atoms with Crippen molar-refractivity contribution < 1.29 is 9.84 Å². The summed E-state index contributed by atoms with van der Waals surface area (Å²) in [6.07, 6.45) is 4.23. The number of pyridine rings is 1. The van der Waals surface area contributed by atoms with Gasteiger partial charge in [0, 0.05) is 29.4 Å². The van der Waals surface area contributed by atoms with E-state index in [1.165, 1.54) is 0 Å². The third-order valence-electron chi connectivity index (χ3n) is 4.08. The van der Waals surface area contributed by atoms with E-state index >= 15 is 0 Å². The molecule has 0 saturated carbocycles. The Kier molecular flexibility index (Phi) is 4.77. The van der Waals surface area contributed by atoms with E-state index in [1.807, 2.05) is 20.0 Å². The average molecular weight is 264 g/mol. The summed E-state index contributed by atoms with van der Waals surface area (Å²) in [5, 5.41) is 13.7. The van der Waals surface area contributed by atoms with Crippen LogP contribution >= 0.6 is 0 Å². The molecule has 0 spiro atoms. The maximum absolute atomic E-state index is 10.4. The van der Waals surface area contributed by atoms with Crippen molar-refractivity contribution in [2.75, 3.05) is 20.2 Å².